The molecule has 3 rings (SSSR count). The van der Waals surface area contributed by atoms with E-state index in [0.717, 1.165) is 42.5 Å². The molecule has 0 unspecified atom stereocenters. The number of hydrogen-bond acceptors (Lipinski definition) is 5. The van der Waals surface area contributed by atoms with Gasteiger partial charge in [-0.05, 0) is 32.3 Å². The number of nitrogens with one attached hydrogen (secondary N) is 2. The molecule has 6 heteroatoms. The van der Waals surface area contributed by atoms with Crippen LogP contribution in [0.4, 0.5) is 11.6 Å². The summed E-state index contributed by atoms with van der Waals surface area (Å²) in [7, 11) is 1.91. The molecule has 2 aromatic heterocycles. The van der Waals surface area contributed by atoms with Crippen molar-refractivity contribution in [3.63, 3.8) is 0 Å². The molecular weight excluding hydrogens is 264 g/mol. The molecule has 0 spiro atoms. The fourth-order valence-corrected chi connectivity index (χ4v) is 2.35. The second-order valence-corrected chi connectivity index (χ2v) is 5.48. The number of rotatable bonds is 7. The van der Waals surface area contributed by atoms with Gasteiger partial charge in [0.25, 0.3) is 0 Å². The topological polar surface area (TPSA) is 67.7 Å². The van der Waals surface area contributed by atoms with Gasteiger partial charge in [-0.25, -0.2) is 9.97 Å². The number of nitrogens with zero attached hydrogens (tertiary/aromatic N) is 4. The first-order valence-electron chi connectivity index (χ1n) is 7.55. The van der Waals surface area contributed by atoms with Gasteiger partial charge in [-0.2, -0.15) is 5.10 Å². The van der Waals surface area contributed by atoms with E-state index in [1.807, 2.05) is 30.2 Å². The summed E-state index contributed by atoms with van der Waals surface area (Å²) in [4.78, 5) is 9.30. The zero-order valence-corrected chi connectivity index (χ0v) is 12.6. The van der Waals surface area contributed by atoms with Crippen LogP contribution in [-0.2, 0) is 6.54 Å². The van der Waals surface area contributed by atoms with Gasteiger partial charge in [-0.1, -0.05) is 0 Å². The van der Waals surface area contributed by atoms with Crippen molar-refractivity contribution >= 4 is 11.6 Å². The normalized spacial score (nSPS) is 14.2. The predicted molar refractivity (Wildman–Crippen MR) is 83.6 cm³/mol. The highest BCUT2D eigenvalue weighted by molar-refractivity contribution is 5.57. The average Bonchev–Trinajstić information content (AvgIpc) is 3.22. The van der Waals surface area contributed by atoms with E-state index >= 15 is 0 Å². The lowest BCUT2D eigenvalue weighted by molar-refractivity contribution is 0.591. The van der Waals surface area contributed by atoms with E-state index < -0.39 is 0 Å². The molecule has 0 aliphatic heterocycles. The molecule has 0 radical (unpaired) electrons. The van der Waals surface area contributed by atoms with Crippen LogP contribution in [0.5, 0.6) is 0 Å². The molecule has 0 amide bonds. The van der Waals surface area contributed by atoms with Gasteiger partial charge in [0.15, 0.2) is 0 Å². The molecule has 6 nitrogen and oxygen atoms in total. The molecular formula is C15H22N6. The Morgan fingerprint density at radius 2 is 2.10 bits per heavy atom. The lowest BCUT2D eigenvalue weighted by atomic mass is 10.2. The van der Waals surface area contributed by atoms with E-state index in [1.54, 1.807) is 0 Å². The molecule has 1 aliphatic carbocycles. The minimum absolute atomic E-state index is 0.558. The summed E-state index contributed by atoms with van der Waals surface area (Å²) >= 11 is 0. The lowest BCUT2D eigenvalue weighted by Gasteiger charge is -2.13. The Hall–Kier alpha value is -2.11. The Kier molecular flexibility index (Phi) is 4.03. The largest absolute Gasteiger partial charge is 0.373 e. The summed E-state index contributed by atoms with van der Waals surface area (Å²) in [5, 5.41) is 10.8. The van der Waals surface area contributed by atoms with Crippen LogP contribution in [0, 0.1) is 6.92 Å². The highest BCUT2D eigenvalue weighted by atomic mass is 15.3. The summed E-state index contributed by atoms with van der Waals surface area (Å²) in [5.74, 6) is 3.42. The fourth-order valence-electron chi connectivity index (χ4n) is 2.35. The second kappa shape index (κ2) is 6.11. The number of hydrogen-bond donors (Lipinski definition) is 2. The summed E-state index contributed by atoms with van der Waals surface area (Å²) < 4.78 is 1.95. The summed E-state index contributed by atoms with van der Waals surface area (Å²) in [5.41, 5.74) is 1.08. The molecule has 0 bridgehead atoms. The molecule has 21 heavy (non-hydrogen) atoms. The van der Waals surface area contributed by atoms with Gasteiger partial charge in [0.1, 0.15) is 17.5 Å². The Bertz CT molecular complexity index is 588. The predicted octanol–water partition coefficient (Wildman–Crippen LogP) is 2.40. The van der Waals surface area contributed by atoms with Crippen molar-refractivity contribution in [2.24, 2.45) is 0 Å². The van der Waals surface area contributed by atoms with Gasteiger partial charge >= 0.3 is 0 Å². The minimum Gasteiger partial charge on any atom is -0.373 e. The van der Waals surface area contributed by atoms with Crippen molar-refractivity contribution in [1.82, 2.24) is 19.7 Å². The maximum atomic E-state index is 4.69. The fraction of sp³-hybridized carbons (Fsp3) is 0.533. The summed E-state index contributed by atoms with van der Waals surface area (Å²) in [6.45, 7) is 3.85. The van der Waals surface area contributed by atoms with Gasteiger partial charge < -0.3 is 10.6 Å². The summed E-state index contributed by atoms with van der Waals surface area (Å²) in [6, 6.07) is 1.95. The maximum Gasteiger partial charge on any atom is 0.136 e. The Balaban J connectivity index is 1.62. The molecule has 1 fully saturated rings. The van der Waals surface area contributed by atoms with Crippen LogP contribution in [0.1, 0.15) is 36.6 Å². The van der Waals surface area contributed by atoms with Crippen molar-refractivity contribution in [3.8, 4) is 0 Å². The van der Waals surface area contributed by atoms with E-state index in [-0.39, 0.29) is 0 Å². The van der Waals surface area contributed by atoms with Crippen molar-refractivity contribution in [2.45, 2.75) is 38.6 Å². The highest BCUT2D eigenvalue weighted by Gasteiger charge is 2.28. The van der Waals surface area contributed by atoms with Gasteiger partial charge in [-0.15, -0.1) is 0 Å². The quantitative estimate of drug-likeness (QED) is 0.765. The number of aryl methyl sites for hydroxylation is 1. The van der Waals surface area contributed by atoms with Crippen molar-refractivity contribution < 1.29 is 0 Å². The molecule has 112 valence electrons. The Labute approximate surface area is 125 Å². The molecule has 0 atom stereocenters. The zero-order valence-electron chi connectivity index (χ0n) is 12.6. The minimum atomic E-state index is 0.558. The Morgan fingerprint density at radius 1 is 1.29 bits per heavy atom. The summed E-state index contributed by atoms with van der Waals surface area (Å²) in [6.07, 6.45) is 7.23. The maximum absolute atomic E-state index is 4.69. The molecule has 1 aliphatic rings. The molecule has 2 heterocycles. The number of anilines is 2. The number of aromatic nitrogens is 4. The van der Waals surface area contributed by atoms with Crippen LogP contribution in [0.25, 0.3) is 0 Å². The van der Waals surface area contributed by atoms with E-state index in [0.29, 0.717) is 5.92 Å². The Morgan fingerprint density at radius 3 is 2.76 bits per heavy atom. The third kappa shape index (κ3) is 3.32. The van der Waals surface area contributed by atoms with Crippen molar-refractivity contribution in [1.29, 1.82) is 0 Å². The van der Waals surface area contributed by atoms with Crippen molar-refractivity contribution in [3.05, 3.63) is 29.8 Å². The molecule has 0 aromatic carbocycles. The SMILES string of the molecule is CNc1nc(C2CC2)nc(NCCCn2cccn2)c1C. The van der Waals surface area contributed by atoms with Gasteiger partial charge in [0.2, 0.25) is 0 Å². The molecule has 1 saturated carbocycles. The highest BCUT2D eigenvalue weighted by Crippen LogP contribution is 2.39. The van der Waals surface area contributed by atoms with Gasteiger partial charge in [-0.3, -0.25) is 4.68 Å². The standard InChI is InChI=1S/C15H22N6/c1-11-13(16-2)19-15(12-5-6-12)20-14(11)17-7-3-9-21-10-4-8-18-21/h4,8,10,12H,3,5-7,9H2,1-2H3,(H2,16,17,19,20). The van der Waals surface area contributed by atoms with E-state index in [1.165, 1.54) is 12.8 Å². The first-order chi connectivity index (χ1) is 10.3. The third-order valence-corrected chi connectivity index (χ3v) is 3.76. The molecule has 2 N–H and O–H groups in total. The second-order valence-electron chi connectivity index (χ2n) is 5.48. The molecule has 2 aromatic rings. The lowest BCUT2D eigenvalue weighted by Crippen LogP contribution is -2.12. The van der Waals surface area contributed by atoms with Crippen LogP contribution in [0.2, 0.25) is 0 Å². The van der Waals surface area contributed by atoms with Crippen LogP contribution in [0.3, 0.4) is 0 Å². The average molecular weight is 286 g/mol. The molecule has 0 saturated heterocycles. The van der Waals surface area contributed by atoms with Crippen LogP contribution < -0.4 is 10.6 Å². The first-order valence-corrected chi connectivity index (χ1v) is 7.55. The van der Waals surface area contributed by atoms with Crippen LogP contribution >= 0.6 is 0 Å². The van der Waals surface area contributed by atoms with Gasteiger partial charge in [0.05, 0.1) is 0 Å². The zero-order chi connectivity index (χ0) is 14.7. The first kappa shape index (κ1) is 13.9. The van der Waals surface area contributed by atoms with Crippen LogP contribution in [-0.4, -0.2) is 33.3 Å². The third-order valence-electron chi connectivity index (χ3n) is 3.76. The monoisotopic (exact) mass is 286 g/mol. The smallest absolute Gasteiger partial charge is 0.136 e. The van der Waals surface area contributed by atoms with E-state index in [4.69, 9.17) is 4.98 Å². The van der Waals surface area contributed by atoms with E-state index in [9.17, 15) is 0 Å². The van der Waals surface area contributed by atoms with Crippen LogP contribution in [0.15, 0.2) is 18.5 Å². The van der Waals surface area contributed by atoms with E-state index in [2.05, 4.69) is 27.6 Å². The van der Waals surface area contributed by atoms with Gasteiger partial charge in [0, 0.05) is 44.0 Å². The van der Waals surface area contributed by atoms with Crippen molar-refractivity contribution in [2.75, 3.05) is 24.2 Å².